The summed E-state index contributed by atoms with van der Waals surface area (Å²) in [6.07, 6.45) is 1.70. The van der Waals surface area contributed by atoms with Crippen molar-refractivity contribution in [2.45, 2.75) is 31.1 Å². The number of ether oxygens (including phenoxy) is 1. The van der Waals surface area contributed by atoms with Crippen LogP contribution in [-0.2, 0) is 15.0 Å². The molecule has 28 heavy (non-hydrogen) atoms. The second-order valence-electron chi connectivity index (χ2n) is 7.04. The molecule has 2 aromatic carbocycles. The van der Waals surface area contributed by atoms with E-state index in [0.29, 0.717) is 51.1 Å². The molecule has 1 aliphatic heterocycles. The van der Waals surface area contributed by atoms with Gasteiger partial charge in [0.25, 0.3) is 0 Å². The second-order valence-corrected chi connectivity index (χ2v) is 7.04. The molecule has 0 aromatic heterocycles. The minimum atomic E-state index is -0.927. The summed E-state index contributed by atoms with van der Waals surface area (Å²) in [5, 5.41) is 9.82. The Hall–Kier alpha value is -2.89. The van der Waals surface area contributed by atoms with Crippen LogP contribution in [0.25, 0.3) is 0 Å². The van der Waals surface area contributed by atoms with Gasteiger partial charge in [-0.15, -0.1) is 0 Å². The van der Waals surface area contributed by atoms with Crippen molar-refractivity contribution in [2.24, 2.45) is 0 Å². The van der Waals surface area contributed by atoms with E-state index < -0.39 is 11.4 Å². The number of halogens is 1. The molecule has 148 valence electrons. The zero-order valence-corrected chi connectivity index (χ0v) is 15.6. The van der Waals surface area contributed by atoms with Crippen molar-refractivity contribution in [3.8, 4) is 5.75 Å². The first-order valence-electron chi connectivity index (χ1n) is 9.46. The molecule has 2 aromatic rings. The average Bonchev–Trinajstić information content (AvgIpc) is 2.73. The summed E-state index contributed by atoms with van der Waals surface area (Å²) in [5.74, 6) is -0.574. The maximum Gasteiger partial charge on any atom is 0.314 e. The van der Waals surface area contributed by atoms with Crippen LogP contribution in [0.1, 0.15) is 31.2 Å². The fourth-order valence-corrected chi connectivity index (χ4v) is 3.62. The summed E-state index contributed by atoms with van der Waals surface area (Å²) in [7, 11) is 0. The molecule has 0 spiro atoms. The minimum Gasteiger partial charge on any atom is -0.494 e. The van der Waals surface area contributed by atoms with Gasteiger partial charge in [0.05, 0.1) is 12.0 Å². The Bertz CT molecular complexity index is 799. The number of nitrogens with zero attached hydrogens (tertiary/aromatic N) is 1. The van der Waals surface area contributed by atoms with E-state index in [1.54, 1.807) is 17.0 Å². The van der Waals surface area contributed by atoms with Crippen LogP contribution < -0.4 is 4.74 Å². The van der Waals surface area contributed by atoms with Crippen molar-refractivity contribution in [2.75, 3.05) is 19.7 Å². The van der Waals surface area contributed by atoms with Crippen molar-refractivity contribution in [3.05, 3.63) is 66.0 Å². The van der Waals surface area contributed by atoms with Crippen molar-refractivity contribution in [3.63, 3.8) is 0 Å². The van der Waals surface area contributed by atoms with Gasteiger partial charge in [-0.05, 0) is 49.1 Å². The Kier molecular flexibility index (Phi) is 6.29. The molecule has 0 atom stereocenters. The molecule has 1 saturated heterocycles. The predicted octanol–water partition coefficient (Wildman–Crippen LogP) is 3.63. The third-order valence-corrected chi connectivity index (χ3v) is 5.32. The number of carboxylic acids is 1. The molecule has 1 N–H and O–H groups in total. The quantitative estimate of drug-likeness (QED) is 0.739. The topological polar surface area (TPSA) is 66.8 Å². The van der Waals surface area contributed by atoms with Gasteiger partial charge in [0.2, 0.25) is 5.91 Å². The van der Waals surface area contributed by atoms with Gasteiger partial charge in [-0.25, -0.2) is 4.39 Å². The largest absolute Gasteiger partial charge is 0.494 e. The molecule has 1 heterocycles. The molecule has 0 bridgehead atoms. The van der Waals surface area contributed by atoms with Crippen molar-refractivity contribution < 1.29 is 23.8 Å². The minimum absolute atomic E-state index is 0.00903. The SMILES string of the molecule is O=C(CCCOc1ccc(F)cc1)N1CCC(C(=O)O)(c2ccccc2)CC1. The fourth-order valence-electron chi connectivity index (χ4n) is 3.62. The number of hydrogen-bond donors (Lipinski definition) is 1. The van der Waals surface area contributed by atoms with Crippen LogP contribution in [-0.4, -0.2) is 41.6 Å². The smallest absolute Gasteiger partial charge is 0.314 e. The number of carbonyl (C=O) groups excluding carboxylic acids is 1. The first kappa shape index (κ1) is 19.9. The Morgan fingerprint density at radius 3 is 2.29 bits per heavy atom. The molecule has 0 saturated carbocycles. The van der Waals surface area contributed by atoms with Crippen molar-refractivity contribution >= 4 is 11.9 Å². The molecular formula is C22H24FNO4. The Morgan fingerprint density at radius 1 is 1.04 bits per heavy atom. The van der Waals surface area contributed by atoms with Crippen LogP contribution >= 0.6 is 0 Å². The highest BCUT2D eigenvalue weighted by molar-refractivity contribution is 5.82. The van der Waals surface area contributed by atoms with Crippen LogP contribution in [0.5, 0.6) is 5.75 Å². The number of hydrogen-bond acceptors (Lipinski definition) is 3. The second kappa shape index (κ2) is 8.87. The maximum absolute atomic E-state index is 12.9. The van der Waals surface area contributed by atoms with Crippen LogP contribution in [0, 0.1) is 5.82 Å². The van der Waals surface area contributed by atoms with Gasteiger partial charge in [0.15, 0.2) is 0 Å². The number of carbonyl (C=O) groups is 2. The molecule has 0 aliphatic carbocycles. The lowest BCUT2D eigenvalue weighted by molar-refractivity contribution is -0.148. The van der Waals surface area contributed by atoms with E-state index in [1.807, 2.05) is 30.3 Å². The van der Waals surface area contributed by atoms with Crippen LogP contribution in [0.3, 0.4) is 0 Å². The average molecular weight is 385 g/mol. The highest BCUT2D eigenvalue weighted by atomic mass is 19.1. The third kappa shape index (κ3) is 4.50. The van der Waals surface area contributed by atoms with Gasteiger partial charge in [0, 0.05) is 19.5 Å². The van der Waals surface area contributed by atoms with E-state index >= 15 is 0 Å². The Balaban J connectivity index is 1.48. The Labute approximate surface area is 163 Å². The number of amides is 1. The van der Waals surface area contributed by atoms with Gasteiger partial charge in [-0.3, -0.25) is 9.59 Å². The molecule has 5 nitrogen and oxygen atoms in total. The van der Waals surface area contributed by atoms with Crippen LogP contribution in [0.4, 0.5) is 4.39 Å². The van der Waals surface area contributed by atoms with E-state index in [4.69, 9.17) is 4.74 Å². The van der Waals surface area contributed by atoms with Crippen LogP contribution in [0.2, 0.25) is 0 Å². The van der Waals surface area contributed by atoms with Crippen molar-refractivity contribution in [1.82, 2.24) is 4.90 Å². The fraction of sp³-hybridized carbons (Fsp3) is 0.364. The van der Waals surface area contributed by atoms with Crippen molar-refractivity contribution in [1.29, 1.82) is 0 Å². The molecule has 3 rings (SSSR count). The highest BCUT2D eigenvalue weighted by Crippen LogP contribution is 2.36. The zero-order valence-electron chi connectivity index (χ0n) is 15.6. The summed E-state index contributed by atoms with van der Waals surface area (Å²) in [5.41, 5.74) is -0.133. The number of piperidine rings is 1. The molecule has 0 unspecified atom stereocenters. The normalized spacial score (nSPS) is 15.8. The van der Waals surface area contributed by atoms with Gasteiger partial charge >= 0.3 is 5.97 Å². The predicted molar refractivity (Wildman–Crippen MR) is 103 cm³/mol. The van der Waals surface area contributed by atoms with Gasteiger partial charge in [-0.1, -0.05) is 30.3 Å². The number of carboxylic acid groups (broad SMARTS) is 1. The number of likely N-dealkylation sites (tertiary alicyclic amines) is 1. The standard InChI is InChI=1S/C22H24FNO4/c23-18-8-10-19(11-9-18)28-16-4-7-20(25)24-14-12-22(13-15-24,21(26)27)17-5-2-1-3-6-17/h1-3,5-6,8-11H,4,7,12-16H2,(H,26,27). The summed E-state index contributed by atoms with van der Waals surface area (Å²) >= 11 is 0. The molecule has 1 amide bonds. The summed E-state index contributed by atoms with van der Waals surface area (Å²) in [6, 6.07) is 15.0. The lowest BCUT2D eigenvalue weighted by Crippen LogP contribution is -2.49. The number of aliphatic carboxylic acids is 1. The first-order valence-corrected chi connectivity index (χ1v) is 9.46. The molecule has 1 fully saturated rings. The summed E-state index contributed by atoms with van der Waals surface area (Å²) < 4.78 is 18.4. The highest BCUT2D eigenvalue weighted by Gasteiger charge is 2.43. The van der Waals surface area contributed by atoms with E-state index in [9.17, 15) is 19.1 Å². The lowest BCUT2D eigenvalue weighted by Gasteiger charge is -2.39. The monoisotopic (exact) mass is 385 g/mol. The maximum atomic E-state index is 12.9. The first-order chi connectivity index (χ1) is 13.5. The Morgan fingerprint density at radius 2 is 1.68 bits per heavy atom. The number of rotatable bonds is 7. The summed E-state index contributed by atoms with van der Waals surface area (Å²) in [6.45, 7) is 1.23. The molecule has 1 aliphatic rings. The molecule has 0 radical (unpaired) electrons. The zero-order chi connectivity index (χ0) is 20.0. The van der Waals surface area contributed by atoms with E-state index in [-0.39, 0.29) is 11.7 Å². The van der Waals surface area contributed by atoms with E-state index in [2.05, 4.69) is 0 Å². The van der Waals surface area contributed by atoms with Crippen LogP contribution in [0.15, 0.2) is 54.6 Å². The van der Waals surface area contributed by atoms with E-state index in [0.717, 1.165) is 5.56 Å². The third-order valence-electron chi connectivity index (χ3n) is 5.32. The number of benzene rings is 2. The summed E-state index contributed by atoms with van der Waals surface area (Å²) in [4.78, 5) is 26.2. The van der Waals surface area contributed by atoms with Gasteiger partial charge in [-0.2, -0.15) is 0 Å². The van der Waals surface area contributed by atoms with E-state index in [1.165, 1.54) is 12.1 Å². The lowest BCUT2D eigenvalue weighted by atomic mass is 9.73. The van der Waals surface area contributed by atoms with Gasteiger partial charge in [0.1, 0.15) is 11.6 Å². The van der Waals surface area contributed by atoms with Gasteiger partial charge < -0.3 is 14.7 Å². The molecule has 6 heteroatoms. The molecular weight excluding hydrogens is 361 g/mol.